The number of rotatable bonds is 5. The first-order valence-corrected chi connectivity index (χ1v) is 11.4. The van der Waals surface area contributed by atoms with Crippen molar-refractivity contribution in [3.8, 4) is 17.4 Å². The molecular weight excluding hydrogens is 493 g/mol. The zero-order valence-corrected chi connectivity index (χ0v) is 20.6. The van der Waals surface area contributed by atoms with Gasteiger partial charge < -0.3 is 15.0 Å². The molecule has 0 spiro atoms. The lowest BCUT2D eigenvalue weighted by Crippen LogP contribution is -2.22. The minimum Gasteiger partial charge on any atom is -0.455 e. The summed E-state index contributed by atoms with van der Waals surface area (Å²) < 4.78 is 22.0. The van der Waals surface area contributed by atoms with Crippen molar-refractivity contribution in [3.63, 3.8) is 0 Å². The first kappa shape index (κ1) is 24.5. The molecule has 0 saturated carbocycles. The van der Waals surface area contributed by atoms with Gasteiger partial charge in [0, 0.05) is 42.2 Å². The normalized spacial score (nSPS) is 11.4. The number of fused-ring (bicyclic) bond motifs is 1. The van der Waals surface area contributed by atoms with E-state index < -0.39 is 17.4 Å². The quantitative estimate of drug-likeness (QED) is 0.315. The minimum absolute atomic E-state index is 0.0741. The van der Waals surface area contributed by atoms with E-state index in [9.17, 15) is 14.0 Å². The molecule has 0 radical (unpaired) electrons. The van der Waals surface area contributed by atoms with E-state index in [2.05, 4.69) is 40.7 Å². The average molecular weight is 516 g/mol. The topological polar surface area (TPSA) is 153 Å². The molecule has 4 aromatic heterocycles. The molecule has 3 N–H and O–H groups in total. The molecule has 5 aromatic rings. The van der Waals surface area contributed by atoms with E-state index in [-0.39, 0.29) is 34.2 Å². The number of halogens is 1. The molecule has 1 aromatic carbocycles. The van der Waals surface area contributed by atoms with Gasteiger partial charge in [-0.25, -0.2) is 29.1 Å². The fourth-order valence-corrected chi connectivity index (χ4v) is 3.45. The van der Waals surface area contributed by atoms with Crippen LogP contribution >= 0.6 is 0 Å². The van der Waals surface area contributed by atoms with Gasteiger partial charge in [0.25, 0.3) is 11.5 Å². The second kappa shape index (κ2) is 9.69. The molecule has 2 amide bonds. The molecule has 0 aliphatic rings. The summed E-state index contributed by atoms with van der Waals surface area (Å²) in [7, 11) is 0. The van der Waals surface area contributed by atoms with Crippen LogP contribution in [0.4, 0.5) is 20.7 Å². The lowest BCUT2D eigenvalue weighted by Gasteiger charge is -2.13. The molecule has 13 heteroatoms. The molecule has 38 heavy (non-hydrogen) atoms. The van der Waals surface area contributed by atoms with E-state index >= 15 is 0 Å². The van der Waals surface area contributed by atoms with Gasteiger partial charge in [-0.05, 0) is 18.2 Å². The van der Waals surface area contributed by atoms with Crippen LogP contribution < -0.4 is 20.9 Å². The highest BCUT2D eigenvalue weighted by atomic mass is 19.1. The smallest absolute Gasteiger partial charge is 0.324 e. The largest absolute Gasteiger partial charge is 0.455 e. The second-order valence-electron chi connectivity index (χ2n) is 9.20. The lowest BCUT2D eigenvalue weighted by atomic mass is 9.92. The third-order valence-corrected chi connectivity index (χ3v) is 5.32. The zero-order valence-electron chi connectivity index (χ0n) is 20.6. The summed E-state index contributed by atoms with van der Waals surface area (Å²) in [6.45, 7) is 5.95. The number of anilines is 2. The Morgan fingerprint density at radius 2 is 1.82 bits per heavy atom. The van der Waals surface area contributed by atoms with Crippen LogP contribution in [-0.2, 0) is 5.41 Å². The number of carbonyl (C=O) groups excluding carboxylic acids is 1. The van der Waals surface area contributed by atoms with Gasteiger partial charge in [-0.15, -0.1) is 0 Å². The third kappa shape index (κ3) is 5.16. The fourth-order valence-electron chi connectivity index (χ4n) is 3.45. The summed E-state index contributed by atoms with van der Waals surface area (Å²) in [6.07, 6.45) is 5.66. The van der Waals surface area contributed by atoms with Gasteiger partial charge in [-0.3, -0.25) is 10.1 Å². The van der Waals surface area contributed by atoms with Crippen molar-refractivity contribution >= 4 is 28.7 Å². The van der Waals surface area contributed by atoms with E-state index in [1.165, 1.54) is 29.1 Å². The maximum atomic E-state index is 14.9. The highest BCUT2D eigenvalue weighted by Gasteiger charge is 2.22. The molecule has 0 unspecified atom stereocenters. The Morgan fingerprint density at radius 1 is 1.03 bits per heavy atom. The van der Waals surface area contributed by atoms with Gasteiger partial charge in [0.2, 0.25) is 0 Å². The number of H-pyrrole nitrogens is 1. The Kier molecular flexibility index (Phi) is 6.24. The van der Waals surface area contributed by atoms with E-state index in [1.54, 1.807) is 24.5 Å². The van der Waals surface area contributed by atoms with Crippen LogP contribution in [-0.4, -0.2) is 40.7 Å². The zero-order chi connectivity index (χ0) is 26.9. The number of hydrogen-bond acceptors (Lipinski definition) is 8. The van der Waals surface area contributed by atoms with Crippen molar-refractivity contribution in [1.29, 1.82) is 0 Å². The van der Waals surface area contributed by atoms with Gasteiger partial charge in [0.05, 0.1) is 17.6 Å². The standard InChI is InChI=1S/C25H22FN9O3/c1-25(2,3)18-12-19(35(34-18)23-28-8-4-9-29-23)32-24(37)31-16-6-5-14(11-15(16)26)38-17-7-10-27-22-21(17)30-13-20(36)33-22/h4-13H,1-3H3,(H,27,33,36)(H2,31,32,37). The molecule has 192 valence electrons. The number of carbonyl (C=O) groups is 1. The summed E-state index contributed by atoms with van der Waals surface area (Å²) in [5, 5.41) is 9.71. The van der Waals surface area contributed by atoms with Crippen molar-refractivity contribution < 1.29 is 13.9 Å². The van der Waals surface area contributed by atoms with Crippen LogP contribution in [0.3, 0.4) is 0 Å². The number of benzene rings is 1. The SMILES string of the molecule is CC(C)(C)c1cc(NC(=O)Nc2ccc(Oc3ccnc4[nH]c(=O)cnc34)cc2F)n(-c2ncccn2)n1. The molecule has 0 bridgehead atoms. The van der Waals surface area contributed by atoms with Crippen molar-refractivity contribution in [2.24, 2.45) is 0 Å². The first-order chi connectivity index (χ1) is 18.2. The van der Waals surface area contributed by atoms with Crippen LogP contribution in [0.15, 0.2) is 66.0 Å². The number of hydrogen-bond donors (Lipinski definition) is 3. The van der Waals surface area contributed by atoms with Crippen LogP contribution in [0.5, 0.6) is 11.5 Å². The van der Waals surface area contributed by atoms with Gasteiger partial charge in [-0.1, -0.05) is 20.8 Å². The maximum Gasteiger partial charge on any atom is 0.324 e. The molecule has 0 fully saturated rings. The Labute approximate surface area is 215 Å². The van der Waals surface area contributed by atoms with E-state index in [4.69, 9.17) is 4.74 Å². The van der Waals surface area contributed by atoms with Crippen LogP contribution in [0.1, 0.15) is 26.5 Å². The molecule has 0 aliphatic heterocycles. The van der Waals surface area contributed by atoms with Crippen molar-refractivity contribution in [1.82, 2.24) is 34.7 Å². The number of amides is 2. The van der Waals surface area contributed by atoms with Crippen LogP contribution in [0.25, 0.3) is 17.1 Å². The molecule has 0 atom stereocenters. The molecule has 0 saturated heterocycles. The molecule has 0 aliphatic carbocycles. The predicted octanol–water partition coefficient (Wildman–Crippen LogP) is 4.17. The van der Waals surface area contributed by atoms with Gasteiger partial charge in [0.1, 0.15) is 22.9 Å². The summed E-state index contributed by atoms with van der Waals surface area (Å²) in [5.74, 6) is 0.285. The number of aromatic nitrogens is 7. The van der Waals surface area contributed by atoms with Gasteiger partial charge in [0.15, 0.2) is 11.4 Å². The summed E-state index contributed by atoms with van der Waals surface area (Å²) in [4.78, 5) is 43.3. The molecule has 5 rings (SSSR count). The average Bonchev–Trinajstić information content (AvgIpc) is 3.30. The lowest BCUT2D eigenvalue weighted by molar-refractivity contribution is 0.262. The summed E-state index contributed by atoms with van der Waals surface area (Å²) >= 11 is 0. The Morgan fingerprint density at radius 3 is 2.55 bits per heavy atom. The molecular formula is C25H22FN9O3. The highest BCUT2D eigenvalue weighted by molar-refractivity contribution is 5.99. The molecule has 12 nitrogen and oxygen atoms in total. The third-order valence-electron chi connectivity index (χ3n) is 5.32. The van der Waals surface area contributed by atoms with E-state index in [1.807, 2.05) is 20.8 Å². The number of urea groups is 1. The number of nitrogens with one attached hydrogen (secondary N) is 3. The Hall–Kier alpha value is -5.20. The molecule has 4 heterocycles. The van der Waals surface area contributed by atoms with Crippen LogP contribution in [0.2, 0.25) is 0 Å². The van der Waals surface area contributed by atoms with E-state index in [0.717, 1.165) is 12.3 Å². The second-order valence-corrected chi connectivity index (χ2v) is 9.20. The highest BCUT2D eigenvalue weighted by Crippen LogP contribution is 2.29. The summed E-state index contributed by atoms with van der Waals surface area (Å²) in [6, 6.07) is 8.19. The number of nitrogens with zero attached hydrogens (tertiary/aromatic N) is 6. The number of aromatic amines is 1. The Bertz CT molecular complexity index is 1690. The predicted molar refractivity (Wildman–Crippen MR) is 137 cm³/mol. The maximum absolute atomic E-state index is 14.9. The monoisotopic (exact) mass is 515 g/mol. The van der Waals surface area contributed by atoms with Crippen molar-refractivity contribution in [2.45, 2.75) is 26.2 Å². The first-order valence-electron chi connectivity index (χ1n) is 11.4. The van der Waals surface area contributed by atoms with Gasteiger partial charge in [-0.2, -0.15) is 9.78 Å². The van der Waals surface area contributed by atoms with Crippen molar-refractivity contribution in [2.75, 3.05) is 10.6 Å². The summed E-state index contributed by atoms with van der Waals surface area (Å²) in [5.41, 5.74) is 0.462. The Balaban J connectivity index is 1.34. The van der Waals surface area contributed by atoms with Crippen LogP contribution in [0, 0.1) is 5.82 Å². The van der Waals surface area contributed by atoms with E-state index in [0.29, 0.717) is 17.0 Å². The fraction of sp³-hybridized carbons (Fsp3) is 0.160. The minimum atomic E-state index is -0.729. The van der Waals surface area contributed by atoms with Gasteiger partial charge >= 0.3 is 6.03 Å². The van der Waals surface area contributed by atoms with Crippen molar-refractivity contribution in [3.05, 3.63) is 83.1 Å². The number of pyridine rings is 1. The number of ether oxygens (including phenoxy) is 1.